The molecule has 0 spiro atoms. The van der Waals surface area contributed by atoms with Gasteiger partial charge in [0.15, 0.2) is 0 Å². The van der Waals surface area contributed by atoms with Gasteiger partial charge in [-0.05, 0) is 12.3 Å². The van der Waals surface area contributed by atoms with Crippen LogP contribution in [0.4, 0.5) is 0 Å². The van der Waals surface area contributed by atoms with E-state index in [1.165, 1.54) is 5.01 Å². The number of carbonyl (C=O) groups excluding carboxylic acids is 1. The molecule has 1 saturated heterocycles. The molecule has 1 heterocycles. The van der Waals surface area contributed by atoms with E-state index in [0.717, 1.165) is 13.0 Å². The van der Waals surface area contributed by atoms with Crippen LogP contribution in [0.2, 0.25) is 0 Å². The molecule has 0 saturated carbocycles. The van der Waals surface area contributed by atoms with Gasteiger partial charge in [-0.2, -0.15) is 0 Å². The van der Waals surface area contributed by atoms with E-state index < -0.39 is 12.0 Å². The molecule has 1 atom stereocenters. The molecule has 1 aliphatic heterocycles. The fourth-order valence-electron chi connectivity index (χ4n) is 0.954. The Morgan fingerprint density at radius 1 is 1.53 bits per heavy atom. The van der Waals surface area contributed by atoms with Crippen molar-refractivity contribution in [3.8, 4) is 0 Å². The third kappa shape index (κ3) is 5.34. The van der Waals surface area contributed by atoms with Crippen molar-refractivity contribution in [1.29, 1.82) is 0 Å². The first-order valence-corrected chi connectivity index (χ1v) is 4.89. The molecule has 6 heteroatoms. The summed E-state index contributed by atoms with van der Waals surface area (Å²) in [6.45, 7) is 4.29. The lowest BCUT2D eigenvalue weighted by Crippen LogP contribution is -2.34. The highest BCUT2D eigenvalue weighted by Crippen LogP contribution is 2.02. The maximum Gasteiger partial charge on any atom is 0.320 e. The van der Waals surface area contributed by atoms with Crippen molar-refractivity contribution >= 4 is 11.9 Å². The minimum absolute atomic E-state index is 0.0208. The molecule has 0 unspecified atom stereocenters. The molecular formula is C9H19N3O3. The number of hydrogen-bond acceptors (Lipinski definition) is 4. The van der Waals surface area contributed by atoms with Crippen molar-refractivity contribution < 1.29 is 14.7 Å². The van der Waals surface area contributed by atoms with Crippen LogP contribution in [0.3, 0.4) is 0 Å². The first-order chi connectivity index (χ1) is 6.86. The maximum absolute atomic E-state index is 10.4. The van der Waals surface area contributed by atoms with Crippen molar-refractivity contribution in [3.63, 3.8) is 0 Å². The van der Waals surface area contributed by atoms with E-state index in [4.69, 9.17) is 16.7 Å². The standard InChI is InChI=1S/C5H11NO2.C4H8N2O/c1-3(2)4(6)5(7)8;5-6-3-1-2-4(6)7/h3-4H,6H2,1-2H3,(H,7,8);1-3,5H2/t4-;/m0./s1. The molecular weight excluding hydrogens is 198 g/mol. The number of carboxylic acid groups (broad SMARTS) is 1. The molecule has 0 bridgehead atoms. The molecule has 0 aromatic rings. The summed E-state index contributed by atoms with van der Waals surface area (Å²) in [6, 6.07) is -0.713. The van der Waals surface area contributed by atoms with Gasteiger partial charge in [0.05, 0.1) is 0 Å². The average Bonchev–Trinajstić information content (AvgIpc) is 2.50. The van der Waals surface area contributed by atoms with Gasteiger partial charge in [0.2, 0.25) is 5.91 Å². The van der Waals surface area contributed by atoms with Crippen LogP contribution in [-0.2, 0) is 9.59 Å². The Bertz CT molecular complexity index is 231. The summed E-state index contributed by atoms with van der Waals surface area (Å²) < 4.78 is 0. The Balaban J connectivity index is 0.000000262. The monoisotopic (exact) mass is 217 g/mol. The van der Waals surface area contributed by atoms with Gasteiger partial charge in [-0.1, -0.05) is 13.8 Å². The highest BCUT2D eigenvalue weighted by molar-refractivity contribution is 5.77. The molecule has 0 aromatic carbocycles. The third-order valence-electron chi connectivity index (χ3n) is 2.11. The maximum atomic E-state index is 10.4. The van der Waals surface area contributed by atoms with Crippen molar-refractivity contribution in [3.05, 3.63) is 0 Å². The zero-order chi connectivity index (χ0) is 12.0. The Morgan fingerprint density at radius 3 is 2.13 bits per heavy atom. The quantitative estimate of drug-likeness (QED) is 0.428. The Labute approximate surface area is 89.2 Å². The van der Waals surface area contributed by atoms with Crippen LogP contribution in [0, 0.1) is 5.92 Å². The summed E-state index contributed by atoms with van der Waals surface area (Å²) in [5, 5.41) is 9.49. The fraction of sp³-hybridized carbons (Fsp3) is 0.778. The second-order valence-corrected chi connectivity index (χ2v) is 3.80. The molecule has 1 aliphatic rings. The first-order valence-electron chi connectivity index (χ1n) is 4.89. The van der Waals surface area contributed by atoms with E-state index in [2.05, 4.69) is 0 Å². The van der Waals surface area contributed by atoms with Gasteiger partial charge in [0.25, 0.3) is 0 Å². The number of nitrogens with two attached hydrogens (primary N) is 2. The third-order valence-corrected chi connectivity index (χ3v) is 2.11. The predicted octanol–water partition coefficient (Wildman–Crippen LogP) is -0.463. The van der Waals surface area contributed by atoms with E-state index in [9.17, 15) is 9.59 Å². The second-order valence-electron chi connectivity index (χ2n) is 3.80. The Kier molecular flexibility index (Phi) is 5.88. The summed E-state index contributed by atoms with van der Waals surface area (Å²) in [5.41, 5.74) is 5.16. The number of rotatable bonds is 2. The molecule has 88 valence electrons. The molecule has 5 N–H and O–H groups in total. The van der Waals surface area contributed by atoms with Crippen LogP contribution in [0.5, 0.6) is 0 Å². The molecule has 1 fully saturated rings. The lowest BCUT2D eigenvalue weighted by Gasteiger charge is -2.07. The number of carbonyl (C=O) groups is 2. The second kappa shape index (κ2) is 6.36. The largest absolute Gasteiger partial charge is 0.480 e. The van der Waals surface area contributed by atoms with Gasteiger partial charge in [0, 0.05) is 13.0 Å². The van der Waals surface area contributed by atoms with Gasteiger partial charge in [0.1, 0.15) is 6.04 Å². The smallest absolute Gasteiger partial charge is 0.320 e. The van der Waals surface area contributed by atoms with Gasteiger partial charge in [-0.25, -0.2) is 5.84 Å². The van der Waals surface area contributed by atoms with Gasteiger partial charge >= 0.3 is 5.97 Å². The lowest BCUT2D eigenvalue weighted by molar-refractivity contribution is -0.139. The summed E-state index contributed by atoms with van der Waals surface area (Å²) in [5.74, 6) is 4.32. The van der Waals surface area contributed by atoms with Crippen LogP contribution in [0.15, 0.2) is 0 Å². The molecule has 0 radical (unpaired) electrons. The molecule has 0 aromatic heterocycles. The van der Waals surface area contributed by atoms with E-state index in [0.29, 0.717) is 6.42 Å². The fourth-order valence-corrected chi connectivity index (χ4v) is 0.954. The minimum atomic E-state index is -0.931. The lowest BCUT2D eigenvalue weighted by atomic mass is 10.1. The molecule has 0 aliphatic carbocycles. The topological polar surface area (TPSA) is 110 Å². The van der Waals surface area contributed by atoms with Crippen molar-refractivity contribution in [2.24, 2.45) is 17.5 Å². The predicted molar refractivity (Wildman–Crippen MR) is 55.6 cm³/mol. The highest BCUT2D eigenvalue weighted by atomic mass is 16.4. The number of carboxylic acids is 1. The van der Waals surface area contributed by atoms with Crippen LogP contribution in [0.25, 0.3) is 0 Å². The zero-order valence-electron chi connectivity index (χ0n) is 9.14. The van der Waals surface area contributed by atoms with E-state index in [1.807, 2.05) is 0 Å². The normalized spacial score (nSPS) is 17.4. The minimum Gasteiger partial charge on any atom is -0.480 e. The zero-order valence-corrected chi connectivity index (χ0v) is 9.14. The molecule has 1 amide bonds. The number of nitrogens with zero attached hydrogens (tertiary/aromatic N) is 1. The summed E-state index contributed by atoms with van der Waals surface area (Å²) in [7, 11) is 0. The van der Waals surface area contributed by atoms with Gasteiger partial charge < -0.3 is 10.8 Å². The van der Waals surface area contributed by atoms with Crippen molar-refractivity contribution in [2.75, 3.05) is 6.54 Å². The summed E-state index contributed by atoms with van der Waals surface area (Å²) >= 11 is 0. The first kappa shape index (κ1) is 13.9. The van der Waals surface area contributed by atoms with Gasteiger partial charge in [-0.15, -0.1) is 0 Å². The van der Waals surface area contributed by atoms with E-state index >= 15 is 0 Å². The number of hydrogen-bond donors (Lipinski definition) is 3. The number of amides is 1. The Morgan fingerprint density at radius 2 is 2.07 bits per heavy atom. The van der Waals surface area contributed by atoms with E-state index in [1.54, 1.807) is 13.8 Å². The summed E-state index contributed by atoms with van der Waals surface area (Å²) in [6.07, 6.45) is 1.56. The van der Waals surface area contributed by atoms with Crippen molar-refractivity contribution in [2.45, 2.75) is 32.7 Å². The van der Waals surface area contributed by atoms with Gasteiger partial charge in [-0.3, -0.25) is 14.6 Å². The average molecular weight is 217 g/mol. The highest BCUT2D eigenvalue weighted by Gasteiger charge is 2.15. The Hall–Kier alpha value is -1.14. The number of hydrazine groups is 1. The van der Waals surface area contributed by atoms with Crippen molar-refractivity contribution in [1.82, 2.24) is 5.01 Å². The molecule has 1 rings (SSSR count). The molecule has 15 heavy (non-hydrogen) atoms. The van der Waals surface area contributed by atoms with Crippen LogP contribution < -0.4 is 11.6 Å². The van der Waals surface area contributed by atoms with Crippen LogP contribution in [-0.4, -0.2) is 34.6 Å². The number of aliphatic carboxylic acids is 1. The van der Waals surface area contributed by atoms with Crippen LogP contribution >= 0.6 is 0 Å². The van der Waals surface area contributed by atoms with Crippen LogP contribution in [0.1, 0.15) is 26.7 Å². The molecule has 6 nitrogen and oxygen atoms in total. The van der Waals surface area contributed by atoms with E-state index in [-0.39, 0.29) is 11.8 Å². The SMILES string of the molecule is CC(C)[C@H](N)C(=O)O.NN1CCCC1=O. The summed E-state index contributed by atoms with van der Waals surface area (Å²) in [4.78, 5) is 20.4.